The van der Waals surface area contributed by atoms with Gasteiger partial charge in [0.05, 0.1) is 0 Å². The molecule has 0 N–H and O–H groups in total. The zero-order valence-corrected chi connectivity index (χ0v) is 8.93. The molecule has 0 aromatic rings. The average molecular weight is 166 g/mol. The number of rotatable bonds is 3. The van der Waals surface area contributed by atoms with Gasteiger partial charge in [-0.2, -0.15) is 0 Å². The fraction of sp³-hybridized carbons (Fsp3) is 1.00. The number of fused-ring (bicyclic) bond motifs is 1. The van der Waals surface area contributed by atoms with E-state index < -0.39 is 0 Å². The van der Waals surface area contributed by atoms with E-state index in [0.29, 0.717) is 0 Å². The first-order chi connectivity index (χ1) is 5.62. The molecule has 0 radical (unpaired) electrons. The lowest BCUT2D eigenvalue weighted by Crippen LogP contribution is -2.12. The molecule has 0 nitrogen and oxygen atoms in total. The van der Waals surface area contributed by atoms with Crippen molar-refractivity contribution in [1.82, 2.24) is 0 Å². The number of hydrogen-bond acceptors (Lipinski definition) is 0. The lowest BCUT2D eigenvalue weighted by atomic mass is 9.85. The van der Waals surface area contributed by atoms with Gasteiger partial charge in [0, 0.05) is 0 Å². The van der Waals surface area contributed by atoms with E-state index in [1.807, 2.05) is 0 Å². The molecular formula is C12H22. The van der Waals surface area contributed by atoms with Crippen LogP contribution in [0.1, 0.15) is 47.0 Å². The molecule has 0 saturated heterocycles. The quantitative estimate of drug-likeness (QED) is 0.599. The molecule has 0 heteroatoms. The average Bonchev–Trinajstić information content (AvgIpc) is 2.50. The van der Waals surface area contributed by atoms with E-state index in [1.165, 1.54) is 19.3 Å². The molecule has 5 unspecified atom stereocenters. The van der Waals surface area contributed by atoms with Crippen LogP contribution in [-0.4, -0.2) is 0 Å². The molecular weight excluding hydrogens is 144 g/mol. The van der Waals surface area contributed by atoms with Gasteiger partial charge in [0.25, 0.3) is 0 Å². The first-order valence-corrected chi connectivity index (χ1v) is 5.62. The molecule has 0 heterocycles. The van der Waals surface area contributed by atoms with Gasteiger partial charge in [-0.1, -0.05) is 40.5 Å². The SMILES string of the molecule is CCCC(C)C1(C)C2CC(C)C21. The van der Waals surface area contributed by atoms with E-state index in [-0.39, 0.29) is 0 Å². The maximum absolute atomic E-state index is 2.53. The summed E-state index contributed by atoms with van der Waals surface area (Å²) in [6.07, 6.45) is 4.33. The minimum atomic E-state index is 0.759. The largest absolute Gasteiger partial charge is 0.0654 e. The summed E-state index contributed by atoms with van der Waals surface area (Å²) in [7, 11) is 0. The summed E-state index contributed by atoms with van der Waals surface area (Å²) in [5, 5.41) is 0. The highest BCUT2D eigenvalue weighted by molar-refractivity contribution is 5.18. The maximum Gasteiger partial charge on any atom is -0.0235 e. The van der Waals surface area contributed by atoms with Crippen molar-refractivity contribution in [2.45, 2.75) is 47.0 Å². The standard InChI is InChI=1S/C12H22/c1-5-6-9(3)12(4)10-7-8(2)11(10)12/h8-11H,5-7H2,1-4H3. The van der Waals surface area contributed by atoms with Crippen LogP contribution in [0.5, 0.6) is 0 Å². The fourth-order valence-electron chi connectivity index (χ4n) is 3.86. The van der Waals surface area contributed by atoms with Gasteiger partial charge in [-0.25, -0.2) is 0 Å². The molecule has 2 saturated carbocycles. The molecule has 12 heavy (non-hydrogen) atoms. The zero-order valence-electron chi connectivity index (χ0n) is 8.93. The highest BCUT2D eigenvalue weighted by Crippen LogP contribution is 2.76. The highest BCUT2D eigenvalue weighted by Gasteiger charge is 2.70. The minimum Gasteiger partial charge on any atom is -0.0654 e. The highest BCUT2D eigenvalue weighted by atomic mass is 14.7. The number of hydrogen-bond donors (Lipinski definition) is 0. The van der Waals surface area contributed by atoms with Crippen LogP contribution in [0.4, 0.5) is 0 Å². The van der Waals surface area contributed by atoms with E-state index in [0.717, 1.165) is 29.1 Å². The second-order valence-corrected chi connectivity index (χ2v) is 5.40. The van der Waals surface area contributed by atoms with E-state index in [1.54, 1.807) is 0 Å². The van der Waals surface area contributed by atoms with Crippen LogP contribution >= 0.6 is 0 Å². The van der Waals surface area contributed by atoms with Crippen LogP contribution in [0.25, 0.3) is 0 Å². The predicted octanol–water partition coefficient (Wildman–Crippen LogP) is 3.71. The molecule has 2 rings (SSSR count). The van der Waals surface area contributed by atoms with Crippen molar-refractivity contribution < 1.29 is 0 Å². The smallest absolute Gasteiger partial charge is 0.0235 e. The van der Waals surface area contributed by atoms with E-state index in [4.69, 9.17) is 0 Å². The van der Waals surface area contributed by atoms with Gasteiger partial charge in [0.2, 0.25) is 0 Å². The van der Waals surface area contributed by atoms with Gasteiger partial charge >= 0.3 is 0 Å². The van der Waals surface area contributed by atoms with Gasteiger partial charge < -0.3 is 0 Å². The molecule has 2 aliphatic carbocycles. The van der Waals surface area contributed by atoms with Crippen LogP contribution in [0.2, 0.25) is 0 Å². The van der Waals surface area contributed by atoms with Crippen molar-refractivity contribution in [2.75, 3.05) is 0 Å². The fourth-order valence-corrected chi connectivity index (χ4v) is 3.86. The van der Waals surface area contributed by atoms with Gasteiger partial charge in [-0.05, 0) is 35.5 Å². The van der Waals surface area contributed by atoms with E-state index in [9.17, 15) is 0 Å². The first-order valence-electron chi connectivity index (χ1n) is 5.62. The van der Waals surface area contributed by atoms with Gasteiger partial charge in [-0.15, -0.1) is 0 Å². The summed E-state index contributed by atoms with van der Waals surface area (Å²) in [6, 6.07) is 0. The second kappa shape index (κ2) is 2.49. The van der Waals surface area contributed by atoms with Crippen molar-refractivity contribution in [3.63, 3.8) is 0 Å². The Kier molecular flexibility index (Phi) is 1.79. The molecule has 0 amide bonds. The zero-order chi connectivity index (χ0) is 8.93. The van der Waals surface area contributed by atoms with Crippen molar-refractivity contribution in [1.29, 1.82) is 0 Å². The van der Waals surface area contributed by atoms with Crippen LogP contribution in [0, 0.1) is 29.1 Å². The van der Waals surface area contributed by atoms with Gasteiger partial charge in [-0.3, -0.25) is 0 Å². The van der Waals surface area contributed by atoms with E-state index in [2.05, 4.69) is 27.7 Å². The maximum atomic E-state index is 2.53. The molecule has 2 aliphatic rings. The minimum absolute atomic E-state index is 0.759. The monoisotopic (exact) mass is 166 g/mol. The normalized spacial score (nSPS) is 52.5. The molecule has 0 bridgehead atoms. The van der Waals surface area contributed by atoms with Crippen molar-refractivity contribution in [2.24, 2.45) is 29.1 Å². The lowest BCUT2D eigenvalue weighted by Gasteiger charge is -2.20. The van der Waals surface area contributed by atoms with Gasteiger partial charge in [0.1, 0.15) is 0 Å². The molecule has 0 spiro atoms. The third kappa shape index (κ3) is 0.843. The third-order valence-electron chi connectivity index (χ3n) is 4.86. The Morgan fingerprint density at radius 1 is 1.50 bits per heavy atom. The molecule has 5 atom stereocenters. The molecule has 0 aromatic heterocycles. The van der Waals surface area contributed by atoms with Gasteiger partial charge in [0.15, 0.2) is 0 Å². The van der Waals surface area contributed by atoms with Crippen LogP contribution in [0.15, 0.2) is 0 Å². The van der Waals surface area contributed by atoms with Crippen LogP contribution < -0.4 is 0 Å². The lowest BCUT2D eigenvalue weighted by molar-refractivity contribution is 0.295. The Balaban J connectivity index is 1.96. The first kappa shape index (κ1) is 8.59. The van der Waals surface area contributed by atoms with E-state index >= 15 is 0 Å². The topological polar surface area (TPSA) is 0 Å². The predicted molar refractivity (Wildman–Crippen MR) is 52.9 cm³/mol. The summed E-state index contributed by atoms with van der Waals surface area (Å²) in [5.41, 5.74) is 0.759. The Morgan fingerprint density at radius 3 is 2.50 bits per heavy atom. The summed E-state index contributed by atoms with van der Waals surface area (Å²) in [5.74, 6) is 4.25. The summed E-state index contributed by atoms with van der Waals surface area (Å²) in [4.78, 5) is 0. The Hall–Kier alpha value is 0. The van der Waals surface area contributed by atoms with Crippen molar-refractivity contribution in [3.8, 4) is 0 Å². The third-order valence-corrected chi connectivity index (χ3v) is 4.86. The Bertz CT molecular complexity index is 184. The van der Waals surface area contributed by atoms with Crippen molar-refractivity contribution in [3.05, 3.63) is 0 Å². The summed E-state index contributed by atoms with van der Waals surface area (Å²) in [6.45, 7) is 9.75. The Labute approximate surface area is 76.7 Å². The summed E-state index contributed by atoms with van der Waals surface area (Å²) >= 11 is 0. The molecule has 2 fully saturated rings. The second-order valence-electron chi connectivity index (χ2n) is 5.40. The molecule has 0 aromatic carbocycles. The Morgan fingerprint density at radius 2 is 2.17 bits per heavy atom. The molecule has 0 aliphatic heterocycles. The summed E-state index contributed by atoms with van der Waals surface area (Å²) < 4.78 is 0. The van der Waals surface area contributed by atoms with Crippen LogP contribution in [-0.2, 0) is 0 Å². The molecule has 70 valence electrons. The van der Waals surface area contributed by atoms with Crippen molar-refractivity contribution >= 4 is 0 Å². The van der Waals surface area contributed by atoms with Crippen LogP contribution in [0.3, 0.4) is 0 Å².